The first-order valence-electron chi connectivity index (χ1n) is 4.86. The lowest BCUT2D eigenvalue weighted by Gasteiger charge is -2.07. The lowest BCUT2D eigenvalue weighted by Crippen LogP contribution is -1.93. The van der Waals surface area contributed by atoms with Crippen LogP contribution >= 0.6 is 12.2 Å². The molecule has 0 aliphatic heterocycles. The van der Waals surface area contributed by atoms with E-state index in [1.807, 2.05) is 6.07 Å². The van der Waals surface area contributed by atoms with E-state index >= 15 is 0 Å². The Balaban J connectivity index is 2.44. The second kappa shape index (κ2) is 4.94. The van der Waals surface area contributed by atoms with E-state index < -0.39 is 11.6 Å². The zero-order valence-electron chi connectivity index (χ0n) is 8.91. The van der Waals surface area contributed by atoms with Gasteiger partial charge in [-0.2, -0.15) is 5.26 Å². The van der Waals surface area contributed by atoms with Gasteiger partial charge in [0.05, 0.1) is 0 Å². The van der Waals surface area contributed by atoms with Gasteiger partial charge in [0.15, 0.2) is 11.6 Å². The van der Waals surface area contributed by atoms with E-state index in [0.717, 1.165) is 12.1 Å². The van der Waals surface area contributed by atoms with E-state index in [2.05, 4.69) is 4.98 Å². The van der Waals surface area contributed by atoms with Gasteiger partial charge in [-0.05, 0) is 18.2 Å². The number of aromatic amines is 1. The minimum Gasteiger partial charge on any atom is -0.453 e. The van der Waals surface area contributed by atoms with Crippen LogP contribution in [0.3, 0.4) is 0 Å². The van der Waals surface area contributed by atoms with Crippen LogP contribution in [-0.4, -0.2) is 4.98 Å². The largest absolute Gasteiger partial charge is 0.453 e. The van der Waals surface area contributed by atoms with Gasteiger partial charge in [0, 0.05) is 12.3 Å². The maximum absolute atomic E-state index is 13.4. The smallest absolute Gasteiger partial charge is 0.168 e. The van der Waals surface area contributed by atoms with Crippen LogP contribution in [0, 0.1) is 27.6 Å². The molecule has 90 valence electrons. The average Bonchev–Trinajstić information content (AvgIpc) is 2.33. The molecule has 3 nitrogen and oxygen atoms in total. The Bertz CT molecular complexity index is 691. The molecule has 18 heavy (non-hydrogen) atoms. The number of halogens is 2. The predicted octanol–water partition coefficient (Wildman–Crippen LogP) is 3.69. The molecule has 1 heterocycles. The molecule has 0 fully saturated rings. The van der Waals surface area contributed by atoms with Crippen LogP contribution in [0.1, 0.15) is 5.56 Å². The fraction of sp³-hybridized carbons (Fsp3) is 0. The minimum atomic E-state index is -0.849. The highest BCUT2D eigenvalue weighted by atomic mass is 32.1. The van der Waals surface area contributed by atoms with Gasteiger partial charge in [-0.25, -0.2) is 8.78 Å². The summed E-state index contributed by atoms with van der Waals surface area (Å²) in [7, 11) is 0. The number of H-pyrrole nitrogens is 1. The van der Waals surface area contributed by atoms with Crippen LogP contribution in [0.15, 0.2) is 30.5 Å². The summed E-state index contributed by atoms with van der Waals surface area (Å²) in [5.74, 6) is -1.61. The Hall–Kier alpha value is -2.26. The van der Waals surface area contributed by atoms with E-state index in [-0.39, 0.29) is 21.7 Å². The molecule has 2 rings (SSSR count). The van der Waals surface area contributed by atoms with Crippen LogP contribution in [0.25, 0.3) is 0 Å². The summed E-state index contributed by atoms with van der Waals surface area (Å²) in [5.41, 5.74) is 0.0937. The predicted molar refractivity (Wildman–Crippen MR) is 62.8 cm³/mol. The molecule has 2 aromatic rings. The SMILES string of the molecule is N#Cc1c(Oc2ccc(F)cc2F)cc[nH]c1=S. The van der Waals surface area contributed by atoms with Crippen LogP contribution in [0.2, 0.25) is 0 Å². The van der Waals surface area contributed by atoms with Gasteiger partial charge in [0.2, 0.25) is 0 Å². The van der Waals surface area contributed by atoms with Crippen molar-refractivity contribution >= 4 is 12.2 Å². The summed E-state index contributed by atoms with van der Waals surface area (Å²) in [6.07, 6.45) is 1.47. The molecule has 0 aliphatic carbocycles. The standard InChI is InChI=1S/C12H6F2N2OS/c13-7-1-2-11(9(14)5-7)17-10-3-4-16-12(18)8(10)6-15/h1-5H,(H,16,18). The van der Waals surface area contributed by atoms with Crippen molar-refractivity contribution in [1.82, 2.24) is 4.98 Å². The average molecular weight is 264 g/mol. The normalized spacial score (nSPS) is 9.83. The van der Waals surface area contributed by atoms with Gasteiger partial charge in [-0.1, -0.05) is 12.2 Å². The maximum Gasteiger partial charge on any atom is 0.168 e. The Labute approximate surface area is 106 Å². The van der Waals surface area contributed by atoms with Gasteiger partial charge in [0.1, 0.15) is 27.8 Å². The van der Waals surface area contributed by atoms with Crippen molar-refractivity contribution in [3.8, 4) is 17.6 Å². The van der Waals surface area contributed by atoms with Gasteiger partial charge in [-0.3, -0.25) is 0 Å². The van der Waals surface area contributed by atoms with Crippen LogP contribution in [-0.2, 0) is 0 Å². The lowest BCUT2D eigenvalue weighted by molar-refractivity contribution is 0.436. The van der Waals surface area contributed by atoms with Crippen LogP contribution in [0.4, 0.5) is 8.78 Å². The number of nitriles is 1. The summed E-state index contributed by atoms with van der Waals surface area (Å²) >= 11 is 4.90. The summed E-state index contributed by atoms with van der Waals surface area (Å²) in [6, 6.07) is 6.21. The molecular weight excluding hydrogens is 258 g/mol. The van der Waals surface area contributed by atoms with E-state index in [1.165, 1.54) is 12.3 Å². The van der Waals surface area contributed by atoms with Gasteiger partial charge < -0.3 is 9.72 Å². The van der Waals surface area contributed by atoms with Crippen molar-refractivity contribution in [3.05, 3.63) is 52.3 Å². The van der Waals surface area contributed by atoms with Gasteiger partial charge in [0.25, 0.3) is 0 Å². The van der Waals surface area contributed by atoms with E-state index in [4.69, 9.17) is 22.2 Å². The molecule has 1 N–H and O–H groups in total. The Kier molecular flexibility index (Phi) is 3.35. The Morgan fingerprint density at radius 2 is 2.00 bits per heavy atom. The highest BCUT2D eigenvalue weighted by Gasteiger charge is 2.10. The Morgan fingerprint density at radius 3 is 2.67 bits per heavy atom. The molecule has 0 saturated heterocycles. The maximum atomic E-state index is 13.4. The first-order chi connectivity index (χ1) is 8.61. The molecule has 0 bridgehead atoms. The molecule has 1 aromatic heterocycles. The molecular formula is C12H6F2N2OS. The number of hydrogen-bond donors (Lipinski definition) is 1. The summed E-state index contributed by atoms with van der Waals surface area (Å²) < 4.78 is 31.5. The zero-order chi connectivity index (χ0) is 13.1. The quantitative estimate of drug-likeness (QED) is 0.841. The third-order valence-electron chi connectivity index (χ3n) is 2.15. The minimum absolute atomic E-state index is 0.0937. The zero-order valence-corrected chi connectivity index (χ0v) is 9.72. The molecule has 6 heteroatoms. The van der Waals surface area contributed by atoms with E-state index in [9.17, 15) is 8.78 Å². The van der Waals surface area contributed by atoms with E-state index in [0.29, 0.717) is 6.07 Å². The highest BCUT2D eigenvalue weighted by Crippen LogP contribution is 2.27. The molecule has 0 radical (unpaired) electrons. The van der Waals surface area contributed by atoms with Crippen molar-refractivity contribution in [1.29, 1.82) is 5.26 Å². The monoisotopic (exact) mass is 264 g/mol. The molecule has 0 unspecified atom stereocenters. The van der Waals surface area contributed by atoms with Crippen molar-refractivity contribution < 1.29 is 13.5 Å². The van der Waals surface area contributed by atoms with Gasteiger partial charge >= 0.3 is 0 Å². The van der Waals surface area contributed by atoms with Crippen LogP contribution in [0.5, 0.6) is 11.5 Å². The number of pyridine rings is 1. The van der Waals surface area contributed by atoms with Gasteiger partial charge in [-0.15, -0.1) is 0 Å². The first kappa shape index (κ1) is 12.2. The number of ether oxygens (including phenoxy) is 1. The lowest BCUT2D eigenvalue weighted by atomic mass is 10.2. The number of hydrogen-bond acceptors (Lipinski definition) is 3. The number of nitrogens with zero attached hydrogens (tertiary/aromatic N) is 1. The molecule has 1 aromatic carbocycles. The number of benzene rings is 1. The number of aromatic nitrogens is 1. The van der Waals surface area contributed by atoms with Crippen molar-refractivity contribution in [2.75, 3.05) is 0 Å². The fourth-order valence-electron chi connectivity index (χ4n) is 1.33. The number of rotatable bonds is 2. The van der Waals surface area contributed by atoms with Crippen molar-refractivity contribution in [2.24, 2.45) is 0 Å². The molecule has 0 saturated carbocycles. The third-order valence-corrected chi connectivity index (χ3v) is 2.47. The summed E-state index contributed by atoms with van der Waals surface area (Å²) in [4.78, 5) is 2.66. The summed E-state index contributed by atoms with van der Waals surface area (Å²) in [5, 5.41) is 8.92. The van der Waals surface area contributed by atoms with Crippen molar-refractivity contribution in [3.63, 3.8) is 0 Å². The first-order valence-corrected chi connectivity index (χ1v) is 5.27. The molecule has 0 atom stereocenters. The van der Waals surface area contributed by atoms with Crippen LogP contribution < -0.4 is 4.74 Å². The molecule has 0 spiro atoms. The second-order valence-electron chi connectivity index (χ2n) is 3.33. The van der Waals surface area contributed by atoms with Crippen molar-refractivity contribution in [2.45, 2.75) is 0 Å². The van der Waals surface area contributed by atoms with E-state index in [1.54, 1.807) is 0 Å². The topological polar surface area (TPSA) is 48.8 Å². The number of nitrogens with one attached hydrogen (secondary N) is 1. The third kappa shape index (κ3) is 2.36. The summed E-state index contributed by atoms with van der Waals surface area (Å²) in [6.45, 7) is 0. The second-order valence-corrected chi connectivity index (χ2v) is 3.74. The molecule has 0 amide bonds. The fourth-order valence-corrected chi connectivity index (χ4v) is 1.54. The molecule has 0 aliphatic rings. The Morgan fingerprint density at radius 1 is 1.22 bits per heavy atom. The highest BCUT2D eigenvalue weighted by molar-refractivity contribution is 7.71.